The number of rotatable bonds is 6. The number of benzene rings is 2. The molecule has 0 atom stereocenters. The quantitative estimate of drug-likeness (QED) is 0.345. The Balaban J connectivity index is 1.65. The summed E-state index contributed by atoms with van der Waals surface area (Å²) < 4.78 is 31.4. The van der Waals surface area contributed by atoms with Crippen LogP contribution in [0.4, 0.5) is 20.3 Å². The van der Waals surface area contributed by atoms with E-state index in [1.807, 2.05) is 27.0 Å². The minimum absolute atomic E-state index is 0.0750. The van der Waals surface area contributed by atoms with E-state index >= 15 is 0 Å². The molecule has 0 bridgehead atoms. The molecule has 0 saturated carbocycles. The van der Waals surface area contributed by atoms with E-state index in [1.165, 1.54) is 18.2 Å². The summed E-state index contributed by atoms with van der Waals surface area (Å²) in [6.07, 6.45) is 5.00. The van der Waals surface area contributed by atoms with E-state index < -0.39 is 12.6 Å². The molecule has 4 rings (SSSR count). The summed E-state index contributed by atoms with van der Waals surface area (Å²) in [6.45, 7) is -2.88. The first-order chi connectivity index (χ1) is 14.4. The van der Waals surface area contributed by atoms with Gasteiger partial charge in [0, 0.05) is 27.2 Å². The molecule has 2 N–H and O–H groups in total. The maximum atomic E-state index is 12.3. The fraction of sp³-hybridized carbons (Fsp3) is 0.0500. The van der Waals surface area contributed by atoms with Gasteiger partial charge in [-0.3, -0.25) is 4.40 Å². The number of halogens is 3. The topological polar surface area (TPSA) is 88.8 Å². The number of alkyl halides is 2. The molecule has 2 heterocycles. The second-order valence-corrected chi connectivity index (χ2v) is 7.30. The molecular weight excluding hydrogens is 509 g/mol. The SMILES string of the molecule is O=C(O)c1ccc(Nc2nccn3c(-c4ccc(OC(F)F)cc4)cnc23)cc1I. The first-order valence-corrected chi connectivity index (χ1v) is 9.67. The van der Waals surface area contributed by atoms with Gasteiger partial charge in [0.15, 0.2) is 11.5 Å². The van der Waals surface area contributed by atoms with Crippen LogP contribution in [0, 0.1) is 3.57 Å². The van der Waals surface area contributed by atoms with Crippen molar-refractivity contribution < 1.29 is 23.4 Å². The van der Waals surface area contributed by atoms with Gasteiger partial charge < -0.3 is 15.2 Å². The van der Waals surface area contributed by atoms with E-state index in [0.717, 1.165) is 11.3 Å². The van der Waals surface area contributed by atoms with E-state index in [-0.39, 0.29) is 11.3 Å². The van der Waals surface area contributed by atoms with E-state index in [1.54, 1.807) is 42.9 Å². The monoisotopic (exact) mass is 522 g/mol. The van der Waals surface area contributed by atoms with Gasteiger partial charge in [-0.2, -0.15) is 8.78 Å². The molecule has 0 radical (unpaired) electrons. The van der Waals surface area contributed by atoms with Crippen molar-refractivity contribution in [2.24, 2.45) is 0 Å². The van der Waals surface area contributed by atoms with E-state index in [0.29, 0.717) is 20.7 Å². The Kier molecular flexibility index (Phi) is 5.48. The van der Waals surface area contributed by atoms with Crippen LogP contribution in [-0.4, -0.2) is 32.1 Å². The normalized spacial score (nSPS) is 11.1. The minimum atomic E-state index is -2.88. The number of nitrogens with zero attached hydrogens (tertiary/aromatic N) is 3. The Morgan fingerprint density at radius 2 is 1.93 bits per heavy atom. The van der Waals surface area contributed by atoms with Crippen molar-refractivity contribution in [2.75, 3.05) is 5.32 Å². The van der Waals surface area contributed by atoms with Gasteiger partial charge >= 0.3 is 12.6 Å². The molecule has 10 heteroatoms. The summed E-state index contributed by atoms with van der Waals surface area (Å²) in [4.78, 5) is 19.9. The third kappa shape index (κ3) is 4.03. The Morgan fingerprint density at radius 1 is 1.17 bits per heavy atom. The maximum Gasteiger partial charge on any atom is 0.387 e. The van der Waals surface area contributed by atoms with Crippen molar-refractivity contribution in [3.63, 3.8) is 0 Å². The van der Waals surface area contributed by atoms with Crippen LogP contribution in [0.15, 0.2) is 61.1 Å². The van der Waals surface area contributed by atoms with Crippen LogP contribution in [0.5, 0.6) is 5.75 Å². The molecule has 0 fully saturated rings. The third-order valence-corrected chi connectivity index (χ3v) is 5.16. The van der Waals surface area contributed by atoms with Gasteiger partial charge in [-0.1, -0.05) is 0 Å². The molecule has 0 saturated heterocycles. The molecule has 0 spiro atoms. The zero-order chi connectivity index (χ0) is 21.3. The van der Waals surface area contributed by atoms with Gasteiger partial charge in [0.1, 0.15) is 5.75 Å². The molecule has 2 aromatic heterocycles. The Labute approximate surface area is 182 Å². The van der Waals surface area contributed by atoms with Crippen LogP contribution in [-0.2, 0) is 0 Å². The highest BCUT2D eigenvalue weighted by atomic mass is 127. The Morgan fingerprint density at radius 3 is 2.60 bits per heavy atom. The smallest absolute Gasteiger partial charge is 0.387 e. The number of carboxylic acid groups (broad SMARTS) is 1. The number of ether oxygens (including phenoxy) is 1. The van der Waals surface area contributed by atoms with E-state index in [2.05, 4.69) is 20.0 Å². The van der Waals surface area contributed by atoms with Gasteiger partial charge in [0.05, 0.1) is 17.5 Å². The van der Waals surface area contributed by atoms with Gasteiger partial charge in [-0.15, -0.1) is 0 Å². The van der Waals surface area contributed by atoms with E-state index in [4.69, 9.17) is 5.11 Å². The third-order valence-electron chi connectivity index (χ3n) is 4.27. The highest BCUT2D eigenvalue weighted by molar-refractivity contribution is 14.1. The van der Waals surface area contributed by atoms with Crippen LogP contribution in [0.3, 0.4) is 0 Å². The lowest BCUT2D eigenvalue weighted by atomic mass is 10.1. The average Bonchev–Trinajstić information content (AvgIpc) is 3.13. The first kappa shape index (κ1) is 20.0. The summed E-state index contributed by atoms with van der Waals surface area (Å²) >= 11 is 1.96. The Hall–Kier alpha value is -3.28. The zero-order valence-corrected chi connectivity index (χ0v) is 17.2. The van der Waals surface area contributed by atoms with Gasteiger partial charge in [0.2, 0.25) is 0 Å². The molecule has 0 aliphatic carbocycles. The van der Waals surface area contributed by atoms with Crippen LogP contribution in [0.2, 0.25) is 0 Å². The number of imidazole rings is 1. The second-order valence-electron chi connectivity index (χ2n) is 6.14. The molecule has 0 aliphatic rings. The lowest BCUT2D eigenvalue weighted by molar-refractivity contribution is -0.0498. The van der Waals surface area contributed by atoms with Crippen LogP contribution in [0.25, 0.3) is 16.9 Å². The van der Waals surface area contributed by atoms with Crippen LogP contribution >= 0.6 is 22.6 Å². The van der Waals surface area contributed by atoms with Crippen molar-refractivity contribution >= 4 is 45.7 Å². The fourth-order valence-corrected chi connectivity index (χ4v) is 3.68. The molecule has 0 amide bonds. The number of aromatic carboxylic acids is 1. The largest absolute Gasteiger partial charge is 0.478 e. The molecule has 4 aromatic rings. The highest BCUT2D eigenvalue weighted by Gasteiger charge is 2.13. The summed E-state index contributed by atoms with van der Waals surface area (Å²) in [5.41, 5.74) is 2.95. The summed E-state index contributed by atoms with van der Waals surface area (Å²) in [6, 6.07) is 11.2. The van der Waals surface area contributed by atoms with Crippen molar-refractivity contribution in [3.05, 3.63) is 70.2 Å². The number of fused-ring (bicyclic) bond motifs is 1. The Bertz CT molecular complexity index is 1230. The first-order valence-electron chi connectivity index (χ1n) is 8.59. The summed E-state index contributed by atoms with van der Waals surface area (Å²) in [5.74, 6) is -0.430. The number of hydrogen-bond donors (Lipinski definition) is 2. The molecular formula is C20H13F2IN4O3. The van der Waals surface area contributed by atoms with Crippen LogP contribution in [0.1, 0.15) is 10.4 Å². The lowest BCUT2D eigenvalue weighted by Crippen LogP contribution is -2.02. The molecule has 0 aliphatic heterocycles. The van der Waals surface area contributed by atoms with Crippen molar-refractivity contribution in [3.8, 4) is 17.0 Å². The summed E-state index contributed by atoms with van der Waals surface area (Å²) in [5, 5.41) is 12.3. The number of hydrogen-bond acceptors (Lipinski definition) is 5. The predicted octanol–water partition coefficient (Wildman–Crippen LogP) is 5.04. The fourth-order valence-electron chi connectivity index (χ4n) is 2.93. The summed E-state index contributed by atoms with van der Waals surface area (Å²) in [7, 11) is 0. The van der Waals surface area contributed by atoms with Crippen molar-refractivity contribution in [2.45, 2.75) is 6.61 Å². The lowest BCUT2D eigenvalue weighted by Gasteiger charge is -2.09. The number of aromatic nitrogens is 3. The molecule has 7 nitrogen and oxygen atoms in total. The van der Waals surface area contributed by atoms with Gasteiger partial charge in [0.25, 0.3) is 0 Å². The number of anilines is 2. The highest BCUT2D eigenvalue weighted by Crippen LogP contribution is 2.28. The molecule has 2 aromatic carbocycles. The van der Waals surface area contributed by atoms with E-state index in [9.17, 15) is 13.6 Å². The number of nitrogens with one attached hydrogen (secondary N) is 1. The molecule has 30 heavy (non-hydrogen) atoms. The van der Waals surface area contributed by atoms with Crippen molar-refractivity contribution in [1.29, 1.82) is 0 Å². The number of carboxylic acids is 1. The van der Waals surface area contributed by atoms with Crippen molar-refractivity contribution in [1.82, 2.24) is 14.4 Å². The minimum Gasteiger partial charge on any atom is -0.478 e. The average molecular weight is 522 g/mol. The molecule has 152 valence electrons. The second kappa shape index (κ2) is 8.22. The maximum absolute atomic E-state index is 12.3. The zero-order valence-electron chi connectivity index (χ0n) is 15.1. The number of carbonyl (C=O) groups is 1. The van der Waals surface area contributed by atoms with Gasteiger partial charge in [-0.05, 0) is 65.1 Å². The van der Waals surface area contributed by atoms with Gasteiger partial charge in [-0.25, -0.2) is 14.8 Å². The molecule has 0 unspecified atom stereocenters. The van der Waals surface area contributed by atoms with Crippen LogP contribution < -0.4 is 10.1 Å². The predicted molar refractivity (Wildman–Crippen MR) is 114 cm³/mol. The standard InChI is InChI=1S/C20H13F2IN4O3/c21-20(22)30-13-4-1-11(2-5-13)16-10-25-18-17(24-7-8-27(16)18)26-12-3-6-14(19(28)29)15(23)9-12/h1-10,20H,(H,24,26)(H,28,29).